The highest BCUT2D eigenvalue weighted by Crippen LogP contribution is 2.56. The average molecular weight is 261 g/mol. The fourth-order valence-electron chi connectivity index (χ4n) is 2.97. The second kappa shape index (κ2) is 4.88. The molecule has 1 aliphatic rings. The first-order valence-electron chi connectivity index (χ1n) is 6.63. The molecule has 3 nitrogen and oxygen atoms in total. The van der Waals surface area contributed by atoms with E-state index in [-0.39, 0.29) is 5.41 Å². The van der Waals surface area contributed by atoms with Crippen molar-refractivity contribution in [1.29, 1.82) is 0 Å². The molecule has 17 heavy (non-hydrogen) atoms. The molecule has 1 rings (SSSR count). The average Bonchev–Trinajstić information content (AvgIpc) is 2.15. The molecule has 1 N–H and O–H groups in total. The van der Waals surface area contributed by atoms with E-state index < -0.39 is 14.6 Å². The van der Waals surface area contributed by atoms with Crippen molar-refractivity contribution in [2.24, 2.45) is 5.41 Å². The van der Waals surface area contributed by atoms with Gasteiger partial charge in [0.25, 0.3) is 0 Å². The van der Waals surface area contributed by atoms with Gasteiger partial charge in [-0.25, -0.2) is 8.42 Å². The molecular weight excluding hydrogens is 234 g/mol. The quantitative estimate of drug-likeness (QED) is 0.798. The minimum atomic E-state index is -2.98. The lowest BCUT2D eigenvalue weighted by molar-refractivity contribution is 0.0632. The zero-order chi connectivity index (χ0) is 13.3. The van der Waals surface area contributed by atoms with Crippen molar-refractivity contribution in [1.82, 2.24) is 5.32 Å². The fourth-order valence-corrected chi connectivity index (χ4v) is 4.46. The first kappa shape index (κ1) is 15.0. The summed E-state index contributed by atoms with van der Waals surface area (Å²) >= 11 is 0. The molecule has 0 bridgehead atoms. The van der Waals surface area contributed by atoms with Gasteiger partial charge in [-0.15, -0.1) is 0 Å². The largest absolute Gasteiger partial charge is 0.313 e. The third-order valence-corrected chi connectivity index (χ3v) is 6.52. The second-order valence-corrected chi connectivity index (χ2v) is 8.46. The highest BCUT2D eigenvalue weighted by Gasteiger charge is 2.57. The normalized spacial score (nSPS) is 22.5. The van der Waals surface area contributed by atoms with E-state index in [2.05, 4.69) is 33.0 Å². The third-order valence-electron chi connectivity index (χ3n) is 4.51. The zero-order valence-corrected chi connectivity index (χ0v) is 12.7. The summed E-state index contributed by atoms with van der Waals surface area (Å²) < 4.78 is 23.5. The van der Waals surface area contributed by atoms with E-state index in [9.17, 15) is 8.42 Å². The molecule has 0 spiro atoms. The Bertz CT molecular complexity index is 348. The van der Waals surface area contributed by atoms with Crippen LogP contribution in [0.15, 0.2) is 0 Å². The Morgan fingerprint density at radius 1 is 1.18 bits per heavy atom. The van der Waals surface area contributed by atoms with Crippen LogP contribution in [0.4, 0.5) is 0 Å². The van der Waals surface area contributed by atoms with Crippen LogP contribution in [0.2, 0.25) is 0 Å². The lowest BCUT2D eigenvalue weighted by Gasteiger charge is -2.55. The molecular formula is C13H27NO2S. The van der Waals surface area contributed by atoms with E-state index in [4.69, 9.17) is 0 Å². The lowest BCUT2D eigenvalue weighted by atomic mass is 9.58. The maximum Gasteiger partial charge on any atom is 0.154 e. The van der Waals surface area contributed by atoms with Crippen LogP contribution in [-0.2, 0) is 9.84 Å². The van der Waals surface area contributed by atoms with Gasteiger partial charge in [-0.1, -0.05) is 40.5 Å². The minimum absolute atomic E-state index is 0.266. The van der Waals surface area contributed by atoms with Crippen molar-refractivity contribution < 1.29 is 8.42 Å². The third kappa shape index (κ3) is 2.84. The van der Waals surface area contributed by atoms with Crippen LogP contribution in [0, 0.1) is 5.41 Å². The first-order chi connectivity index (χ1) is 7.70. The predicted octanol–water partition coefficient (Wildman–Crippen LogP) is 2.37. The summed E-state index contributed by atoms with van der Waals surface area (Å²) in [5, 5.41) is 3.30. The van der Waals surface area contributed by atoms with E-state index in [0.29, 0.717) is 12.6 Å². The van der Waals surface area contributed by atoms with Crippen molar-refractivity contribution in [3.8, 4) is 0 Å². The van der Waals surface area contributed by atoms with Gasteiger partial charge in [0, 0.05) is 18.8 Å². The van der Waals surface area contributed by atoms with E-state index in [1.807, 2.05) is 0 Å². The summed E-state index contributed by atoms with van der Waals surface area (Å²) in [4.78, 5) is 0. The van der Waals surface area contributed by atoms with Crippen LogP contribution < -0.4 is 5.32 Å². The topological polar surface area (TPSA) is 46.2 Å². The number of rotatable bonds is 6. The summed E-state index contributed by atoms with van der Waals surface area (Å²) in [5.41, 5.74) is 0.266. The Morgan fingerprint density at radius 3 is 1.94 bits per heavy atom. The van der Waals surface area contributed by atoms with Gasteiger partial charge in [-0.2, -0.15) is 0 Å². The molecule has 0 aromatic rings. The maximum atomic E-state index is 12.0. The Hall–Kier alpha value is -0.0900. The molecule has 0 heterocycles. The van der Waals surface area contributed by atoms with E-state index in [0.717, 1.165) is 25.7 Å². The molecule has 0 saturated heterocycles. The summed E-state index contributed by atoms with van der Waals surface area (Å²) in [6, 6.07) is 0.340. The van der Waals surface area contributed by atoms with Gasteiger partial charge >= 0.3 is 0 Å². The molecule has 1 saturated carbocycles. The second-order valence-electron chi connectivity index (χ2n) is 6.05. The highest BCUT2D eigenvalue weighted by atomic mass is 32.2. The van der Waals surface area contributed by atoms with Gasteiger partial charge in [0.1, 0.15) is 0 Å². The van der Waals surface area contributed by atoms with Crippen LogP contribution in [-0.4, -0.2) is 32.0 Å². The summed E-state index contributed by atoms with van der Waals surface area (Å²) in [7, 11) is -2.98. The molecule has 1 aliphatic carbocycles. The van der Waals surface area contributed by atoms with Crippen molar-refractivity contribution in [3.63, 3.8) is 0 Å². The van der Waals surface area contributed by atoms with Gasteiger partial charge in [0.15, 0.2) is 9.84 Å². The smallest absolute Gasteiger partial charge is 0.154 e. The van der Waals surface area contributed by atoms with Gasteiger partial charge in [-0.05, 0) is 18.3 Å². The molecule has 4 heteroatoms. The van der Waals surface area contributed by atoms with Crippen molar-refractivity contribution in [3.05, 3.63) is 0 Å². The summed E-state index contributed by atoms with van der Waals surface area (Å²) in [6.45, 7) is 9.06. The van der Waals surface area contributed by atoms with Gasteiger partial charge in [-0.3, -0.25) is 0 Å². The summed E-state index contributed by atoms with van der Waals surface area (Å²) in [5.74, 6) is 0. The molecule has 0 amide bonds. The number of nitrogens with one attached hydrogen (secondary N) is 1. The van der Waals surface area contributed by atoms with Crippen LogP contribution in [0.1, 0.15) is 53.4 Å². The Kier molecular flexibility index (Phi) is 4.30. The summed E-state index contributed by atoms with van der Waals surface area (Å²) in [6.07, 6.45) is 5.21. The molecule has 1 fully saturated rings. The minimum Gasteiger partial charge on any atom is -0.313 e. The molecule has 0 aliphatic heterocycles. The maximum absolute atomic E-state index is 12.0. The van der Waals surface area contributed by atoms with Crippen LogP contribution in [0.3, 0.4) is 0 Å². The van der Waals surface area contributed by atoms with Gasteiger partial charge in [0.2, 0.25) is 0 Å². The number of sulfone groups is 1. The van der Waals surface area contributed by atoms with E-state index >= 15 is 0 Å². The number of hydrogen-bond donors (Lipinski definition) is 1. The van der Waals surface area contributed by atoms with Gasteiger partial charge in [0.05, 0.1) is 4.75 Å². The van der Waals surface area contributed by atoms with Crippen LogP contribution >= 0.6 is 0 Å². The highest BCUT2D eigenvalue weighted by molar-refractivity contribution is 7.92. The van der Waals surface area contributed by atoms with E-state index in [1.54, 1.807) is 0 Å². The molecule has 0 aromatic heterocycles. The van der Waals surface area contributed by atoms with Crippen LogP contribution in [0.25, 0.3) is 0 Å². The Labute approximate surface area is 106 Å². The molecule has 0 unspecified atom stereocenters. The SMILES string of the molecule is CCC1(CC)CC(CNC(C)C)(S(C)(=O)=O)C1. The standard InChI is InChI=1S/C13H27NO2S/c1-6-12(7-2)8-13(9-12,17(5,15)16)10-14-11(3)4/h11,14H,6-10H2,1-5H3. The molecule has 0 radical (unpaired) electrons. The Morgan fingerprint density at radius 2 is 1.65 bits per heavy atom. The van der Waals surface area contributed by atoms with E-state index in [1.165, 1.54) is 6.26 Å². The monoisotopic (exact) mass is 261 g/mol. The van der Waals surface area contributed by atoms with Gasteiger partial charge < -0.3 is 5.32 Å². The van der Waals surface area contributed by atoms with Crippen molar-refractivity contribution in [2.75, 3.05) is 12.8 Å². The fraction of sp³-hybridized carbons (Fsp3) is 1.00. The zero-order valence-electron chi connectivity index (χ0n) is 11.8. The predicted molar refractivity (Wildman–Crippen MR) is 73.0 cm³/mol. The van der Waals surface area contributed by atoms with Crippen molar-refractivity contribution >= 4 is 9.84 Å². The van der Waals surface area contributed by atoms with Crippen LogP contribution in [0.5, 0.6) is 0 Å². The van der Waals surface area contributed by atoms with Crippen molar-refractivity contribution in [2.45, 2.75) is 64.2 Å². The lowest BCUT2D eigenvalue weighted by Crippen LogP contribution is -2.61. The molecule has 0 atom stereocenters. The molecule has 102 valence electrons. The Balaban J connectivity index is 2.81. The first-order valence-corrected chi connectivity index (χ1v) is 8.52. The number of hydrogen-bond acceptors (Lipinski definition) is 3. The molecule has 0 aromatic carbocycles.